The van der Waals surface area contributed by atoms with Crippen molar-refractivity contribution in [1.82, 2.24) is 5.32 Å². The zero-order valence-corrected chi connectivity index (χ0v) is 17.2. The van der Waals surface area contributed by atoms with Crippen LogP contribution in [0.25, 0.3) is 0 Å². The Balaban J connectivity index is 1.68. The minimum Gasteiger partial charge on any atom is -0.354 e. The van der Waals surface area contributed by atoms with E-state index in [9.17, 15) is 4.79 Å². The average molecular weight is 414 g/mol. The predicted octanol–water partition coefficient (Wildman–Crippen LogP) is 5.91. The zero-order chi connectivity index (χ0) is 18.1. The Morgan fingerprint density at radius 1 is 1.04 bits per heavy atom. The van der Waals surface area contributed by atoms with E-state index in [1.165, 1.54) is 5.56 Å². The van der Waals surface area contributed by atoms with Crippen molar-refractivity contribution < 1.29 is 4.79 Å². The van der Waals surface area contributed by atoms with E-state index in [0.717, 1.165) is 27.8 Å². The topological polar surface area (TPSA) is 29.1 Å². The molecule has 1 N–H and O–H groups in total. The van der Waals surface area contributed by atoms with Gasteiger partial charge in [-0.05, 0) is 48.4 Å². The van der Waals surface area contributed by atoms with Crippen LogP contribution in [0.15, 0.2) is 53.4 Å². The first-order chi connectivity index (χ1) is 12.1. The lowest BCUT2D eigenvalue weighted by Gasteiger charge is -2.14. The van der Waals surface area contributed by atoms with Crippen molar-refractivity contribution in [2.45, 2.75) is 29.2 Å². The van der Waals surface area contributed by atoms with Gasteiger partial charge in [0.2, 0.25) is 5.91 Å². The third kappa shape index (κ3) is 7.53. The van der Waals surface area contributed by atoms with Crippen molar-refractivity contribution in [3.63, 3.8) is 0 Å². The predicted molar refractivity (Wildman–Crippen MR) is 112 cm³/mol. The van der Waals surface area contributed by atoms with Crippen molar-refractivity contribution >= 4 is 52.6 Å². The summed E-state index contributed by atoms with van der Waals surface area (Å²) in [5.74, 6) is 1.90. The number of hydrogen-bond donors (Lipinski definition) is 1. The van der Waals surface area contributed by atoms with E-state index >= 15 is 0 Å². The molecular weight excluding hydrogens is 393 g/mol. The van der Waals surface area contributed by atoms with E-state index in [4.69, 9.17) is 23.2 Å². The van der Waals surface area contributed by atoms with Crippen LogP contribution < -0.4 is 5.32 Å². The molecular formula is C19H21Cl2NOS2. The highest BCUT2D eigenvalue weighted by Crippen LogP contribution is 2.26. The Kier molecular flexibility index (Phi) is 9.04. The van der Waals surface area contributed by atoms with Crippen LogP contribution in [-0.2, 0) is 10.5 Å². The molecule has 0 spiro atoms. The molecule has 2 rings (SSSR count). The fourth-order valence-electron chi connectivity index (χ4n) is 2.13. The minimum atomic E-state index is -0.0811. The molecule has 2 aromatic carbocycles. The Labute approximate surface area is 168 Å². The van der Waals surface area contributed by atoms with Gasteiger partial charge in [-0.1, -0.05) is 42.3 Å². The average Bonchev–Trinajstić information content (AvgIpc) is 2.62. The van der Waals surface area contributed by atoms with Crippen molar-refractivity contribution in [2.75, 3.05) is 12.3 Å². The number of nitrogens with one attached hydrogen (secondary N) is 1. The van der Waals surface area contributed by atoms with Crippen LogP contribution >= 0.6 is 46.7 Å². The van der Waals surface area contributed by atoms with Crippen LogP contribution in [0.3, 0.4) is 0 Å². The number of carbonyl (C=O) groups is 1. The van der Waals surface area contributed by atoms with Gasteiger partial charge >= 0.3 is 0 Å². The van der Waals surface area contributed by atoms with Gasteiger partial charge in [0.05, 0.1) is 5.25 Å². The molecule has 0 saturated carbocycles. The monoisotopic (exact) mass is 413 g/mol. The van der Waals surface area contributed by atoms with Gasteiger partial charge in [-0.15, -0.1) is 11.8 Å². The van der Waals surface area contributed by atoms with Crippen molar-refractivity contribution in [1.29, 1.82) is 0 Å². The van der Waals surface area contributed by atoms with Crippen LogP contribution in [0, 0.1) is 0 Å². The molecule has 6 heteroatoms. The number of carbonyl (C=O) groups excluding carboxylic acids is 1. The smallest absolute Gasteiger partial charge is 0.233 e. The van der Waals surface area contributed by atoms with Crippen LogP contribution in [0.4, 0.5) is 0 Å². The summed E-state index contributed by atoms with van der Waals surface area (Å²) in [7, 11) is 0. The van der Waals surface area contributed by atoms with Gasteiger partial charge in [0, 0.05) is 33.0 Å². The Morgan fingerprint density at radius 3 is 2.24 bits per heavy atom. The number of rotatable bonds is 9. The quantitative estimate of drug-likeness (QED) is 0.408. The second-order valence-electron chi connectivity index (χ2n) is 5.44. The largest absolute Gasteiger partial charge is 0.354 e. The molecule has 0 fully saturated rings. The Bertz CT molecular complexity index is 662. The summed E-state index contributed by atoms with van der Waals surface area (Å²) in [5.41, 5.74) is 1.24. The molecule has 0 aromatic heterocycles. The summed E-state index contributed by atoms with van der Waals surface area (Å²) in [5, 5.41) is 4.41. The molecule has 2 aromatic rings. The maximum atomic E-state index is 12.3. The summed E-state index contributed by atoms with van der Waals surface area (Å²) < 4.78 is 0. The Morgan fingerprint density at radius 2 is 1.64 bits per heavy atom. The highest BCUT2D eigenvalue weighted by molar-refractivity contribution is 8.00. The lowest BCUT2D eigenvalue weighted by molar-refractivity contribution is -0.120. The first-order valence-corrected chi connectivity index (χ1v) is 10.9. The van der Waals surface area contributed by atoms with E-state index in [2.05, 4.69) is 5.32 Å². The molecule has 1 unspecified atom stereocenters. The molecule has 25 heavy (non-hydrogen) atoms. The van der Waals surface area contributed by atoms with E-state index in [0.29, 0.717) is 11.6 Å². The molecule has 0 heterocycles. The van der Waals surface area contributed by atoms with Crippen LogP contribution in [0.5, 0.6) is 0 Å². The molecule has 0 aliphatic carbocycles. The summed E-state index contributed by atoms with van der Waals surface area (Å²) >= 11 is 15.2. The minimum absolute atomic E-state index is 0.0811. The van der Waals surface area contributed by atoms with E-state index < -0.39 is 0 Å². The molecule has 0 radical (unpaired) electrons. The zero-order valence-electron chi connectivity index (χ0n) is 14.0. The number of halogens is 2. The Hall–Kier alpha value is -0.810. The summed E-state index contributed by atoms with van der Waals surface area (Å²) in [6.07, 6.45) is 0.789. The van der Waals surface area contributed by atoms with Gasteiger partial charge in [0.1, 0.15) is 0 Å². The summed E-state index contributed by atoms with van der Waals surface area (Å²) in [6, 6.07) is 15.5. The van der Waals surface area contributed by atoms with Crippen molar-refractivity contribution in [3.8, 4) is 0 Å². The lowest BCUT2D eigenvalue weighted by atomic mass is 10.2. The first kappa shape index (κ1) is 20.5. The molecule has 1 atom stereocenters. The van der Waals surface area contributed by atoms with Gasteiger partial charge in [-0.25, -0.2) is 0 Å². The molecule has 0 saturated heterocycles. The lowest BCUT2D eigenvalue weighted by Crippen LogP contribution is -2.33. The number of thioether (sulfide) groups is 2. The van der Waals surface area contributed by atoms with Crippen LogP contribution in [0.1, 0.15) is 18.9 Å². The van der Waals surface area contributed by atoms with Gasteiger partial charge in [0.25, 0.3) is 0 Å². The fourth-order valence-corrected chi connectivity index (χ4v) is 4.18. The summed E-state index contributed by atoms with van der Waals surface area (Å²) in [4.78, 5) is 13.4. The normalized spacial score (nSPS) is 12.0. The van der Waals surface area contributed by atoms with E-state index in [1.807, 2.05) is 55.5 Å². The number of amides is 1. The fraction of sp³-hybridized carbons (Fsp3) is 0.316. The molecule has 1 amide bonds. The van der Waals surface area contributed by atoms with Gasteiger partial charge in [0.15, 0.2) is 0 Å². The maximum Gasteiger partial charge on any atom is 0.233 e. The van der Waals surface area contributed by atoms with Crippen molar-refractivity contribution in [3.05, 3.63) is 64.1 Å². The SMILES string of the molecule is CCC(Sc1ccc(Cl)cc1)C(=O)NCCSCc1ccc(Cl)cc1. The van der Waals surface area contributed by atoms with Gasteiger partial charge < -0.3 is 5.32 Å². The number of benzene rings is 2. The standard InChI is InChI=1S/C19H21Cl2NOS2/c1-2-18(25-17-9-7-16(21)8-10-17)19(23)22-11-12-24-13-14-3-5-15(20)6-4-14/h3-10,18H,2,11-13H2,1H3,(H,22,23). The highest BCUT2D eigenvalue weighted by Gasteiger charge is 2.17. The molecule has 0 aliphatic rings. The van der Waals surface area contributed by atoms with E-state index in [1.54, 1.807) is 23.5 Å². The number of hydrogen-bond acceptors (Lipinski definition) is 3. The van der Waals surface area contributed by atoms with Crippen molar-refractivity contribution in [2.24, 2.45) is 0 Å². The first-order valence-electron chi connectivity index (χ1n) is 8.10. The van der Waals surface area contributed by atoms with Gasteiger partial charge in [-0.2, -0.15) is 11.8 Å². The van der Waals surface area contributed by atoms with Crippen LogP contribution in [-0.4, -0.2) is 23.5 Å². The maximum absolute atomic E-state index is 12.3. The molecule has 2 nitrogen and oxygen atoms in total. The second kappa shape index (κ2) is 11.0. The summed E-state index contributed by atoms with van der Waals surface area (Å²) in [6.45, 7) is 2.71. The third-order valence-electron chi connectivity index (χ3n) is 3.48. The highest BCUT2D eigenvalue weighted by atomic mass is 35.5. The third-order valence-corrected chi connectivity index (χ3v) is 6.39. The van der Waals surface area contributed by atoms with Crippen LogP contribution in [0.2, 0.25) is 10.0 Å². The molecule has 134 valence electrons. The molecule has 0 aliphatic heterocycles. The van der Waals surface area contributed by atoms with Gasteiger partial charge in [-0.3, -0.25) is 4.79 Å². The van der Waals surface area contributed by atoms with E-state index in [-0.39, 0.29) is 11.2 Å². The second-order valence-corrected chi connectivity index (χ2v) is 8.69. The molecule has 0 bridgehead atoms.